The number of nitriles is 1. The number of benzene rings is 1. The van der Waals surface area contributed by atoms with E-state index in [9.17, 15) is 4.79 Å². The van der Waals surface area contributed by atoms with Gasteiger partial charge in [0.25, 0.3) is 0 Å². The van der Waals surface area contributed by atoms with Gasteiger partial charge in [-0.25, -0.2) is 0 Å². The van der Waals surface area contributed by atoms with Crippen molar-refractivity contribution in [3.8, 4) is 6.07 Å². The Kier molecular flexibility index (Phi) is 3.63. The zero-order valence-electron chi connectivity index (χ0n) is 10.7. The quantitative estimate of drug-likeness (QED) is 0.816. The summed E-state index contributed by atoms with van der Waals surface area (Å²) in [7, 11) is 0. The largest absolute Gasteiger partial charge is 0.310 e. The van der Waals surface area contributed by atoms with Gasteiger partial charge in [-0.1, -0.05) is 12.1 Å². The number of para-hydroxylation sites is 1. The molecule has 1 amide bonds. The molecule has 2 atom stereocenters. The maximum Gasteiger partial charge on any atom is 0.243 e. The lowest BCUT2D eigenvalue weighted by atomic mass is 10.1. The van der Waals surface area contributed by atoms with Crippen molar-refractivity contribution in [2.45, 2.75) is 32.4 Å². The minimum atomic E-state index is -0.214. The standard InChI is InChI=1S/C14H17N3O/c1-10-7-8-17(14(18)11(2)16-10)13-6-4-3-5-12(13)9-15/h3-6,10-11,16H,7-8H2,1-2H3. The fraction of sp³-hybridized carbons (Fsp3) is 0.429. The van der Waals surface area contributed by atoms with Gasteiger partial charge >= 0.3 is 0 Å². The molecule has 1 heterocycles. The summed E-state index contributed by atoms with van der Waals surface area (Å²) >= 11 is 0. The molecule has 1 aliphatic rings. The van der Waals surface area contributed by atoms with Gasteiger partial charge in [-0.2, -0.15) is 5.26 Å². The minimum Gasteiger partial charge on any atom is -0.310 e. The van der Waals surface area contributed by atoms with Crippen molar-refractivity contribution in [3.63, 3.8) is 0 Å². The fourth-order valence-corrected chi connectivity index (χ4v) is 2.29. The summed E-state index contributed by atoms with van der Waals surface area (Å²) in [6.45, 7) is 4.59. The Morgan fingerprint density at radius 3 is 2.83 bits per heavy atom. The first-order valence-corrected chi connectivity index (χ1v) is 6.20. The first-order valence-electron chi connectivity index (χ1n) is 6.20. The molecule has 94 valence electrons. The van der Waals surface area contributed by atoms with Crippen LogP contribution < -0.4 is 10.2 Å². The van der Waals surface area contributed by atoms with E-state index in [1.165, 1.54) is 0 Å². The van der Waals surface area contributed by atoms with Crippen LogP contribution >= 0.6 is 0 Å². The molecule has 0 bridgehead atoms. The highest BCUT2D eigenvalue weighted by Gasteiger charge is 2.28. The second kappa shape index (κ2) is 5.19. The molecule has 1 fully saturated rings. The van der Waals surface area contributed by atoms with Gasteiger partial charge in [-0.15, -0.1) is 0 Å². The number of carbonyl (C=O) groups is 1. The lowest BCUT2D eigenvalue weighted by molar-refractivity contribution is -0.119. The van der Waals surface area contributed by atoms with Crippen molar-refractivity contribution >= 4 is 11.6 Å². The number of rotatable bonds is 1. The molecule has 2 unspecified atom stereocenters. The Labute approximate surface area is 107 Å². The number of carbonyl (C=O) groups excluding carboxylic acids is 1. The monoisotopic (exact) mass is 243 g/mol. The summed E-state index contributed by atoms with van der Waals surface area (Å²) < 4.78 is 0. The maximum atomic E-state index is 12.3. The summed E-state index contributed by atoms with van der Waals surface area (Å²) in [6.07, 6.45) is 0.885. The summed E-state index contributed by atoms with van der Waals surface area (Å²) in [6, 6.07) is 9.49. The normalized spacial score (nSPS) is 24.5. The second-order valence-corrected chi connectivity index (χ2v) is 4.70. The predicted molar refractivity (Wildman–Crippen MR) is 70.2 cm³/mol. The van der Waals surface area contributed by atoms with Crippen LogP contribution in [-0.2, 0) is 4.79 Å². The SMILES string of the molecule is CC1CCN(c2ccccc2C#N)C(=O)C(C)N1. The first-order chi connectivity index (χ1) is 8.63. The van der Waals surface area contributed by atoms with Gasteiger partial charge in [0.1, 0.15) is 6.07 Å². The van der Waals surface area contributed by atoms with Crippen LogP contribution in [0.4, 0.5) is 5.69 Å². The summed E-state index contributed by atoms with van der Waals surface area (Å²) in [5, 5.41) is 12.4. The van der Waals surface area contributed by atoms with E-state index in [-0.39, 0.29) is 11.9 Å². The molecule has 1 aliphatic heterocycles. The Bertz CT molecular complexity index is 492. The topological polar surface area (TPSA) is 56.1 Å². The van der Waals surface area contributed by atoms with Crippen LogP contribution in [0.3, 0.4) is 0 Å². The highest BCUT2D eigenvalue weighted by molar-refractivity contribution is 5.98. The molecule has 1 N–H and O–H groups in total. The minimum absolute atomic E-state index is 0.0297. The van der Waals surface area contributed by atoms with Crippen molar-refractivity contribution in [2.24, 2.45) is 0 Å². The second-order valence-electron chi connectivity index (χ2n) is 4.70. The van der Waals surface area contributed by atoms with Crippen LogP contribution in [0.15, 0.2) is 24.3 Å². The molecule has 0 aliphatic carbocycles. The summed E-state index contributed by atoms with van der Waals surface area (Å²) in [5.41, 5.74) is 1.26. The third-order valence-electron chi connectivity index (χ3n) is 3.27. The van der Waals surface area contributed by atoms with Crippen molar-refractivity contribution < 1.29 is 4.79 Å². The molecule has 1 saturated heterocycles. The number of amides is 1. The Balaban J connectivity index is 2.37. The van der Waals surface area contributed by atoms with E-state index < -0.39 is 0 Å². The first kappa shape index (κ1) is 12.6. The number of hydrogen-bond donors (Lipinski definition) is 1. The zero-order valence-corrected chi connectivity index (χ0v) is 10.7. The van der Waals surface area contributed by atoms with Crippen molar-refractivity contribution in [1.29, 1.82) is 5.26 Å². The van der Waals surface area contributed by atoms with Crippen LogP contribution in [0.2, 0.25) is 0 Å². The molecular formula is C14H17N3O. The average molecular weight is 243 g/mol. The van der Waals surface area contributed by atoms with Gasteiger partial charge < -0.3 is 10.2 Å². The smallest absolute Gasteiger partial charge is 0.243 e. The Morgan fingerprint density at radius 1 is 1.39 bits per heavy atom. The molecular weight excluding hydrogens is 226 g/mol. The Hall–Kier alpha value is -1.86. The number of anilines is 1. The molecule has 4 heteroatoms. The van der Waals surface area contributed by atoms with Gasteiger partial charge in [0.05, 0.1) is 17.3 Å². The lowest BCUT2D eigenvalue weighted by Gasteiger charge is -2.23. The van der Waals surface area contributed by atoms with Crippen LogP contribution in [0.5, 0.6) is 0 Å². The van der Waals surface area contributed by atoms with Crippen LogP contribution in [0.25, 0.3) is 0 Å². The van der Waals surface area contributed by atoms with E-state index in [4.69, 9.17) is 5.26 Å². The number of hydrogen-bond acceptors (Lipinski definition) is 3. The molecule has 0 spiro atoms. The molecule has 0 aromatic heterocycles. The van der Waals surface area contributed by atoms with E-state index in [2.05, 4.69) is 18.3 Å². The van der Waals surface area contributed by atoms with E-state index in [1.807, 2.05) is 25.1 Å². The van der Waals surface area contributed by atoms with Gasteiger partial charge in [0.2, 0.25) is 5.91 Å². The van der Waals surface area contributed by atoms with E-state index in [1.54, 1.807) is 11.0 Å². The summed E-state index contributed by atoms with van der Waals surface area (Å²) in [5.74, 6) is 0.0297. The molecule has 18 heavy (non-hydrogen) atoms. The molecule has 0 radical (unpaired) electrons. The van der Waals surface area contributed by atoms with Crippen molar-refractivity contribution in [2.75, 3.05) is 11.4 Å². The zero-order chi connectivity index (χ0) is 13.1. The van der Waals surface area contributed by atoms with Gasteiger partial charge in [0.15, 0.2) is 0 Å². The molecule has 4 nitrogen and oxygen atoms in total. The highest BCUT2D eigenvalue weighted by Crippen LogP contribution is 2.22. The number of nitrogens with zero attached hydrogens (tertiary/aromatic N) is 2. The molecule has 1 aromatic carbocycles. The van der Waals surface area contributed by atoms with E-state index >= 15 is 0 Å². The van der Waals surface area contributed by atoms with Crippen molar-refractivity contribution in [1.82, 2.24) is 5.32 Å². The number of nitrogens with one attached hydrogen (secondary N) is 1. The van der Waals surface area contributed by atoms with Crippen LogP contribution in [0.1, 0.15) is 25.8 Å². The lowest BCUT2D eigenvalue weighted by Crippen LogP contribution is -2.43. The van der Waals surface area contributed by atoms with Gasteiger partial charge in [0, 0.05) is 12.6 Å². The van der Waals surface area contributed by atoms with Crippen LogP contribution in [-0.4, -0.2) is 24.5 Å². The van der Waals surface area contributed by atoms with Gasteiger partial charge in [-0.3, -0.25) is 4.79 Å². The molecule has 0 saturated carbocycles. The maximum absolute atomic E-state index is 12.3. The fourth-order valence-electron chi connectivity index (χ4n) is 2.29. The van der Waals surface area contributed by atoms with E-state index in [0.717, 1.165) is 6.42 Å². The molecule has 1 aromatic rings. The third-order valence-corrected chi connectivity index (χ3v) is 3.27. The van der Waals surface area contributed by atoms with Gasteiger partial charge in [-0.05, 0) is 32.4 Å². The summed E-state index contributed by atoms with van der Waals surface area (Å²) in [4.78, 5) is 14.0. The molecule has 2 rings (SSSR count). The highest BCUT2D eigenvalue weighted by atomic mass is 16.2. The van der Waals surface area contributed by atoms with Crippen molar-refractivity contribution in [3.05, 3.63) is 29.8 Å². The van der Waals surface area contributed by atoms with E-state index in [0.29, 0.717) is 23.8 Å². The van der Waals surface area contributed by atoms with Crippen LogP contribution in [0, 0.1) is 11.3 Å². The predicted octanol–water partition coefficient (Wildman–Crippen LogP) is 1.66. The third kappa shape index (κ3) is 2.36. The Morgan fingerprint density at radius 2 is 2.11 bits per heavy atom. The average Bonchev–Trinajstić information content (AvgIpc) is 2.50.